The molecule has 5 heteroatoms. The van der Waals surface area contributed by atoms with E-state index in [1.54, 1.807) is 24.6 Å². The van der Waals surface area contributed by atoms with Crippen LogP contribution in [-0.2, 0) is 0 Å². The Bertz CT molecular complexity index is 578. The molecular formula is C13H14N2O2S. The highest BCUT2D eigenvalue weighted by atomic mass is 32.1. The van der Waals surface area contributed by atoms with Crippen molar-refractivity contribution in [1.29, 1.82) is 0 Å². The number of carbonyl (C=O) groups is 1. The lowest BCUT2D eigenvalue weighted by molar-refractivity contribution is 0.103. The van der Waals surface area contributed by atoms with Crippen molar-refractivity contribution >= 4 is 28.6 Å². The molecule has 1 aromatic carbocycles. The van der Waals surface area contributed by atoms with Crippen molar-refractivity contribution in [3.63, 3.8) is 0 Å². The molecule has 0 aliphatic carbocycles. The van der Waals surface area contributed by atoms with E-state index in [1.807, 2.05) is 19.1 Å². The first-order valence-corrected chi connectivity index (χ1v) is 6.28. The van der Waals surface area contributed by atoms with Crippen LogP contribution in [0.15, 0.2) is 29.6 Å². The number of aryl methyl sites for hydroxylation is 1. The smallest absolute Gasteiger partial charge is 0.265 e. The fourth-order valence-electron chi connectivity index (χ4n) is 1.51. The van der Waals surface area contributed by atoms with Gasteiger partial charge < -0.3 is 15.8 Å². The maximum absolute atomic E-state index is 12.0. The number of hydrogen-bond acceptors (Lipinski definition) is 4. The first kappa shape index (κ1) is 12.4. The number of thiophene rings is 1. The summed E-state index contributed by atoms with van der Waals surface area (Å²) in [6.07, 6.45) is 0. The number of nitrogen functional groups attached to an aromatic ring is 1. The van der Waals surface area contributed by atoms with Crippen molar-refractivity contribution in [3.05, 3.63) is 40.1 Å². The quantitative estimate of drug-likeness (QED) is 0.836. The number of hydrogen-bond donors (Lipinski definition) is 2. The lowest BCUT2D eigenvalue weighted by atomic mass is 10.2. The number of nitrogens with one attached hydrogen (secondary N) is 1. The Morgan fingerprint density at radius 2 is 2.17 bits per heavy atom. The third-order valence-electron chi connectivity index (χ3n) is 2.49. The van der Waals surface area contributed by atoms with Gasteiger partial charge >= 0.3 is 0 Å². The number of methoxy groups -OCH3 is 1. The highest BCUT2D eigenvalue weighted by Gasteiger charge is 2.11. The Labute approximate surface area is 109 Å². The summed E-state index contributed by atoms with van der Waals surface area (Å²) in [6, 6.07) is 7.23. The van der Waals surface area contributed by atoms with Gasteiger partial charge in [-0.15, -0.1) is 11.3 Å². The number of carbonyl (C=O) groups excluding carboxylic acids is 1. The van der Waals surface area contributed by atoms with Crippen LogP contribution in [-0.4, -0.2) is 13.0 Å². The molecule has 4 nitrogen and oxygen atoms in total. The lowest BCUT2D eigenvalue weighted by Crippen LogP contribution is -2.11. The average Bonchev–Trinajstić information content (AvgIpc) is 2.82. The largest absolute Gasteiger partial charge is 0.496 e. The number of benzene rings is 1. The second-order valence-electron chi connectivity index (χ2n) is 3.90. The Morgan fingerprint density at radius 1 is 1.39 bits per heavy atom. The number of rotatable bonds is 3. The summed E-state index contributed by atoms with van der Waals surface area (Å²) in [5.74, 6) is 0.503. The normalized spacial score (nSPS) is 10.1. The van der Waals surface area contributed by atoms with Crippen LogP contribution in [0.5, 0.6) is 5.75 Å². The number of anilines is 2. The molecule has 1 amide bonds. The number of nitrogens with two attached hydrogens (primary N) is 1. The van der Waals surface area contributed by atoms with Crippen molar-refractivity contribution in [2.24, 2.45) is 0 Å². The molecule has 0 bridgehead atoms. The van der Waals surface area contributed by atoms with Gasteiger partial charge in [0, 0.05) is 11.4 Å². The van der Waals surface area contributed by atoms with E-state index >= 15 is 0 Å². The molecule has 1 aromatic heterocycles. The summed E-state index contributed by atoms with van der Waals surface area (Å²) in [4.78, 5) is 12.6. The summed E-state index contributed by atoms with van der Waals surface area (Å²) in [6.45, 7) is 1.95. The maximum Gasteiger partial charge on any atom is 0.265 e. The van der Waals surface area contributed by atoms with Crippen molar-refractivity contribution < 1.29 is 9.53 Å². The molecule has 0 unspecified atom stereocenters. The van der Waals surface area contributed by atoms with Crippen molar-refractivity contribution in [2.45, 2.75) is 6.92 Å². The lowest BCUT2D eigenvalue weighted by Gasteiger charge is -2.07. The van der Waals surface area contributed by atoms with Crippen LogP contribution in [0.4, 0.5) is 11.4 Å². The predicted molar refractivity (Wildman–Crippen MR) is 74.4 cm³/mol. The predicted octanol–water partition coefficient (Wildman–Crippen LogP) is 2.90. The van der Waals surface area contributed by atoms with Gasteiger partial charge in [-0.2, -0.15) is 0 Å². The molecule has 2 rings (SSSR count). The van der Waals surface area contributed by atoms with Gasteiger partial charge in [-0.25, -0.2) is 0 Å². The third kappa shape index (κ3) is 2.62. The van der Waals surface area contributed by atoms with E-state index in [-0.39, 0.29) is 5.91 Å². The molecular weight excluding hydrogens is 248 g/mol. The third-order valence-corrected chi connectivity index (χ3v) is 3.40. The molecule has 18 heavy (non-hydrogen) atoms. The van der Waals surface area contributed by atoms with Gasteiger partial charge in [0.25, 0.3) is 5.91 Å². The van der Waals surface area contributed by atoms with Gasteiger partial charge in [-0.1, -0.05) is 6.07 Å². The number of amides is 1. The van der Waals surface area contributed by atoms with E-state index in [0.717, 1.165) is 5.56 Å². The van der Waals surface area contributed by atoms with Crippen LogP contribution in [0.1, 0.15) is 15.2 Å². The highest BCUT2D eigenvalue weighted by molar-refractivity contribution is 7.12. The van der Waals surface area contributed by atoms with Crippen LogP contribution in [0, 0.1) is 6.92 Å². The molecule has 0 radical (unpaired) electrons. The van der Waals surface area contributed by atoms with Crippen molar-refractivity contribution in [2.75, 3.05) is 18.2 Å². The molecule has 94 valence electrons. The van der Waals surface area contributed by atoms with Crippen LogP contribution in [0.2, 0.25) is 0 Å². The molecule has 0 fully saturated rings. The van der Waals surface area contributed by atoms with E-state index in [2.05, 4.69) is 5.32 Å². The van der Waals surface area contributed by atoms with Crippen LogP contribution in [0.3, 0.4) is 0 Å². The minimum Gasteiger partial charge on any atom is -0.496 e. The van der Waals surface area contributed by atoms with Gasteiger partial charge in [0.2, 0.25) is 0 Å². The molecule has 0 aliphatic rings. The summed E-state index contributed by atoms with van der Waals surface area (Å²) < 4.78 is 5.04. The van der Waals surface area contributed by atoms with Crippen LogP contribution < -0.4 is 15.8 Å². The van der Waals surface area contributed by atoms with E-state index in [4.69, 9.17) is 10.5 Å². The molecule has 1 heterocycles. The molecule has 3 N–H and O–H groups in total. The standard InChI is InChI=1S/C13H14N2O2S/c1-8-3-4-10(14)11(5-8)15-13(16)12-6-9(17-2)7-18-12/h3-7H,14H2,1-2H3,(H,15,16). The van der Waals surface area contributed by atoms with Crippen molar-refractivity contribution in [3.8, 4) is 5.75 Å². The molecule has 2 aromatic rings. The Balaban J connectivity index is 2.18. The zero-order chi connectivity index (χ0) is 13.1. The zero-order valence-corrected chi connectivity index (χ0v) is 11.0. The second-order valence-corrected chi connectivity index (χ2v) is 4.81. The fraction of sp³-hybridized carbons (Fsp3) is 0.154. The van der Waals surface area contributed by atoms with E-state index < -0.39 is 0 Å². The average molecular weight is 262 g/mol. The summed E-state index contributed by atoms with van der Waals surface area (Å²) >= 11 is 1.33. The second kappa shape index (κ2) is 5.10. The first-order valence-electron chi connectivity index (χ1n) is 5.40. The van der Waals surface area contributed by atoms with Gasteiger partial charge in [0.15, 0.2) is 0 Å². The molecule has 0 aliphatic heterocycles. The Kier molecular flexibility index (Phi) is 3.53. The van der Waals surface area contributed by atoms with E-state index in [1.165, 1.54) is 11.3 Å². The fourth-order valence-corrected chi connectivity index (χ4v) is 2.26. The number of ether oxygens (including phenoxy) is 1. The molecule has 0 spiro atoms. The monoisotopic (exact) mass is 262 g/mol. The molecule has 0 saturated heterocycles. The van der Waals surface area contributed by atoms with Gasteiger partial charge in [-0.3, -0.25) is 4.79 Å². The van der Waals surface area contributed by atoms with Gasteiger partial charge in [-0.05, 0) is 24.6 Å². The molecule has 0 saturated carbocycles. The topological polar surface area (TPSA) is 64.3 Å². The SMILES string of the molecule is COc1csc(C(=O)Nc2cc(C)ccc2N)c1. The minimum atomic E-state index is -0.180. The van der Waals surface area contributed by atoms with Crippen molar-refractivity contribution in [1.82, 2.24) is 0 Å². The first-order chi connectivity index (χ1) is 8.60. The Hall–Kier alpha value is -2.01. The van der Waals surface area contributed by atoms with E-state index in [0.29, 0.717) is 22.0 Å². The van der Waals surface area contributed by atoms with Gasteiger partial charge in [0.1, 0.15) is 5.75 Å². The zero-order valence-electron chi connectivity index (χ0n) is 10.2. The van der Waals surface area contributed by atoms with Gasteiger partial charge in [0.05, 0.1) is 23.4 Å². The van der Waals surface area contributed by atoms with Crippen LogP contribution >= 0.6 is 11.3 Å². The highest BCUT2D eigenvalue weighted by Crippen LogP contribution is 2.24. The maximum atomic E-state index is 12.0. The summed E-state index contributed by atoms with van der Waals surface area (Å²) in [5, 5.41) is 4.58. The minimum absolute atomic E-state index is 0.180. The molecule has 0 atom stereocenters. The summed E-state index contributed by atoms with van der Waals surface area (Å²) in [7, 11) is 1.57. The van der Waals surface area contributed by atoms with E-state index in [9.17, 15) is 4.79 Å². The van der Waals surface area contributed by atoms with Crippen LogP contribution in [0.25, 0.3) is 0 Å². The Morgan fingerprint density at radius 3 is 2.83 bits per heavy atom. The summed E-state index contributed by atoms with van der Waals surface area (Å²) in [5.41, 5.74) is 8.04.